The first-order chi connectivity index (χ1) is 18.4. The third-order valence-electron chi connectivity index (χ3n) is 9.49. The van der Waals surface area contributed by atoms with Crippen molar-refractivity contribution in [3.05, 3.63) is 35.5 Å². The molecule has 2 aromatic heterocycles. The second-order valence-corrected chi connectivity index (χ2v) is 11.6. The number of ether oxygens (including phenoxy) is 1. The monoisotopic (exact) mass is 516 g/mol. The molecule has 38 heavy (non-hydrogen) atoms. The Bertz CT molecular complexity index is 1380. The molecule has 10 heteroatoms. The van der Waals surface area contributed by atoms with E-state index in [-0.39, 0.29) is 29.4 Å². The summed E-state index contributed by atoms with van der Waals surface area (Å²) in [5.74, 6) is 2.16. The van der Waals surface area contributed by atoms with E-state index in [1.54, 1.807) is 0 Å². The van der Waals surface area contributed by atoms with Crippen molar-refractivity contribution >= 4 is 34.4 Å². The summed E-state index contributed by atoms with van der Waals surface area (Å²) in [6, 6.07) is 6.57. The highest BCUT2D eigenvalue weighted by molar-refractivity contribution is 5.88. The standard InChI is InChI=1S/C28H36N8O2/c1-17-25(29)28(16-38-17)8-11-35(12-9-28)22-14-30-24-26(31-22)32-33-27(24)36-10-4-6-20-19(5-3-7-21(20)36)18-13-23(37)34(2)15-18/h3,5,7,14,17-18,25H,4,6,8-13,15-16,29H2,1-2H3,(H,31,32,33)/t17-,18+,25+/m0/s1. The molecule has 4 aliphatic rings. The summed E-state index contributed by atoms with van der Waals surface area (Å²) in [6.45, 7) is 6.28. The molecular weight excluding hydrogens is 480 g/mol. The lowest BCUT2D eigenvalue weighted by Gasteiger charge is -2.41. The molecule has 3 atom stereocenters. The van der Waals surface area contributed by atoms with Gasteiger partial charge in [0.25, 0.3) is 0 Å². The van der Waals surface area contributed by atoms with Crippen LogP contribution in [-0.4, -0.2) is 83.0 Å². The van der Waals surface area contributed by atoms with E-state index in [1.807, 2.05) is 18.1 Å². The minimum atomic E-state index is 0.0797. The molecule has 1 amide bonds. The molecule has 3 aromatic rings. The minimum absolute atomic E-state index is 0.0797. The number of nitrogens with two attached hydrogens (primary N) is 1. The molecule has 4 aliphatic heterocycles. The predicted octanol–water partition coefficient (Wildman–Crippen LogP) is 2.72. The second-order valence-electron chi connectivity index (χ2n) is 11.6. The Morgan fingerprint density at radius 2 is 2.05 bits per heavy atom. The highest BCUT2D eigenvalue weighted by Gasteiger charge is 2.47. The number of likely N-dealkylation sites (tertiary alicyclic amines) is 1. The molecule has 6 heterocycles. The molecule has 7 rings (SSSR count). The van der Waals surface area contributed by atoms with Crippen LogP contribution in [0.25, 0.3) is 11.2 Å². The summed E-state index contributed by atoms with van der Waals surface area (Å²) in [7, 11) is 1.90. The Kier molecular flexibility index (Phi) is 5.59. The first-order valence-corrected chi connectivity index (χ1v) is 13.9. The summed E-state index contributed by atoms with van der Waals surface area (Å²) in [5.41, 5.74) is 11.9. The highest BCUT2D eigenvalue weighted by atomic mass is 16.5. The van der Waals surface area contributed by atoms with E-state index in [4.69, 9.17) is 25.5 Å². The maximum atomic E-state index is 12.2. The average Bonchev–Trinajstić information content (AvgIpc) is 3.60. The summed E-state index contributed by atoms with van der Waals surface area (Å²) in [5, 5.41) is 7.85. The smallest absolute Gasteiger partial charge is 0.223 e. The Hall–Kier alpha value is -3.24. The maximum absolute atomic E-state index is 12.2. The van der Waals surface area contributed by atoms with Crippen molar-refractivity contribution in [3.63, 3.8) is 0 Å². The molecule has 0 aliphatic carbocycles. The van der Waals surface area contributed by atoms with Crippen LogP contribution in [-0.2, 0) is 16.0 Å². The van der Waals surface area contributed by atoms with Gasteiger partial charge in [-0.3, -0.25) is 9.89 Å². The molecular formula is C28H36N8O2. The number of anilines is 3. The van der Waals surface area contributed by atoms with Gasteiger partial charge in [-0.05, 0) is 49.8 Å². The lowest BCUT2D eigenvalue weighted by atomic mass is 9.73. The van der Waals surface area contributed by atoms with Gasteiger partial charge in [0, 0.05) is 62.7 Å². The van der Waals surface area contributed by atoms with Crippen molar-refractivity contribution in [3.8, 4) is 0 Å². The van der Waals surface area contributed by atoms with Crippen LogP contribution < -0.4 is 15.5 Å². The largest absolute Gasteiger partial charge is 0.376 e. The number of likely N-dealkylation sites (N-methyl/N-ethyl adjacent to an activating group) is 1. The molecule has 3 fully saturated rings. The van der Waals surface area contributed by atoms with Gasteiger partial charge in [0.1, 0.15) is 5.82 Å². The van der Waals surface area contributed by atoms with Crippen LogP contribution in [0.3, 0.4) is 0 Å². The van der Waals surface area contributed by atoms with E-state index in [2.05, 4.69) is 40.0 Å². The van der Waals surface area contributed by atoms with Crippen LogP contribution >= 0.6 is 0 Å². The van der Waals surface area contributed by atoms with Gasteiger partial charge in [0.15, 0.2) is 17.0 Å². The van der Waals surface area contributed by atoms with E-state index in [9.17, 15) is 4.79 Å². The zero-order valence-corrected chi connectivity index (χ0v) is 22.2. The number of fused-ring (bicyclic) bond motifs is 2. The molecule has 10 nitrogen and oxygen atoms in total. The number of carbonyl (C=O) groups is 1. The van der Waals surface area contributed by atoms with Gasteiger partial charge in [0.05, 0.1) is 18.9 Å². The second kappa shape index (κ2) is 8.91. The Morgan fingerprint density at radius 1 is 1.21 bits per heavy atom. The first kappa shape index (κ1) is 23.8. The number of rotatable bonds is 3. The topological polar surface area (TPSA) is 116 Å². The molecule has 1 spiro atoms. The van der Waals surface area contributed by atoms with Gasteiger partial charge >= 0.3 is 0 Å². The lowest BCUT2D eigenvalue weighted by Crippen LogP contribution is -2.50. The van der Waals surface area contributed by atoms with Gasteiger partial charge in [-0.15, -0.1) is 0 Å². The number of nitrogens with one attached hydrogen (secondary N) is 1. The van der Waals surface area contributed by atoms with Gasteiger partial charge in [-0.2, -0.15) is 5.10 Å². The van der Waals surface area contributed by atoms with Crippen LogP contribution in [0.4, 0.5) is 17.3 Å². The number of benzene rings is 1. The fraction of sp³-hybridized carbons (Fsp3) is 0.571. The first-order valence-electron chi connectivity index (χ1n) is 13.9. The number of aromatic nitrogens is 4. The third kappa shape index (κ3) is 3.68. The van der Waals surface area contributed by atoms with Gasteiger partial charge < -0.3 is 25.2 Å². The fourth-order valence-electron chi connectivity index (χ4n) is 7.10. The third-order valence-corrected chi connectivity index (χ3v) is 9.49. The summed E-state index contributed by atoms with van der Waals surface area (Å²) < 4.78 is 5.88. The van der Waals surface area contributed by atoms with E-state index in [0.717, 1.165) is 75.6 Å². The highest BCUT2D eigenvalue weighted by Crippen LogP contribution is 2.43. The molecule has 3 saturated heterocycles. The quantitative estimate of drug-likeness (QED) is 0.546. The molecule has 0 unspecified atom stereocenters. The predicted molar refractivity (Wildman–Crippen MR) is 146 cm³/mol. The summed E-state index contributed by atoms with van der Waals surface area (Å²) >= 11 is 0. The van der Waals surface area contributed by atoms with Crippen molar-refractivity contribution in [1.29, 1.82) is 0 Å². The summed E-state index contributed by atoms with van der Waals surface area (Å²) in [4.78, 5) is 28.4. The number of piperidine rings is 1. The van der Waals surface area contributed by atoms with E-state index in [0.29, 0.717) is 12.1 Å². The van der Waals surface area contributed by atoms with Crippen LogP contribution in [0.2, 0.25) is 0 Å². The Balaban J connectivity index is 1.14. The number of H-pyrrole nitrogens is 1. The van der Waals surface area contributed by atoms with Gasteiger partial charge in [-0.25, -0.2) is 9.97 Å². The van der Waals surface area contributed by atoms with Crippen LogP contribution in [0.1, 0.15) is 49.7 Å². The van der Waals surface area contributed by atoms with Crippen LogP contribution in [0.5, 0.6) is 0 Å². The van der Waals surface area contributed by atoms with Gasteiger partial charge in [-0.1, -0.05) is 12.1 Å². The molecule has 200 valence electrons. The minimum Gasteiger partial charge on any atom is -0.376 e. The Morgan fingerprint density at radius 3 is 2.79 bits per heavy atom. The SMILES string of the molecule is C[C@@H]1OCC2(CCN(c3cnc4c(N5CCCc6c([C@@H]7CC(=O)N(C)C7)cccc65)n[nH]c4n3)CC2)[C@@H]1N. The van der Waals surface area contributed by atoms with Crippen LogP contribution in [0, 0.1) is 5.41 Å². The zero-order chi connectivity index (χ0) is 26.0. The van der Waals surface area contributed by atoms with Crippen LogP contribution in [0.15, 0.2) is 24.4 Å². The number of amides is 1. The maximum Gasteiger partial charge on any atom is 0.223 e. The lowest BCUT2D eigenvalue weighted by molar-refractivity contribution is -0.126. The molecule has 0 bridgehead atoms. The van der Waals surface area contributed by atoms with E-state index < -0.39 is 0 Å². The van der Waals surface area contributed by atoms with Crippen molar-refractivity contribution in [1.82, 2.24) is 25.1 Å². The molecule has 0 radical (unpaired) electrons. The van der Waals surface area contributed by atoms with Crippen molar-refractivity contribution < 1.29 is 9.53 Å². The number of carbonyl (C=O) groups excluding carboxylic acids is 1. The summed E-state index contributed by atoms with van der Waals surface area (Å²) in [6.07, 6.45) is 6.64. The van der Waals surface area contributed by atoms with Crippen molar-refractivity contribution in [2.24, 2.45) is 11.1 Å². The Labute approximate surface area is 222 Å². The number of nitrogens with zero attached hydrogens (tertiary/aromatic N) is 6. The molecule has 3 N–H and O–H groups in total. The molecule has 1 aromatic carbocycles. The van der Waals surface area contributed by atoms with E-state index in [1.165, 1.54) is 16.8 Å². The zero-order valence-electron chi connectivity index (χ0n) is 22.2. The van der Waals surface area contributed by atoms with Crippen molar-refractivity contribution in [2.75, 3.05) is 49.6 Å². The number of hydrogen-bond acceptors (Lipinski definition) is 8. The van der Waals surface area contributed by atoms with E-state index >= 15 is 0 Å². The number of aromatic amines is 1. The normalized spacial score (nSPS) is 27.1. The molecule has 0 saturated carbocycles. The van der Waals surface area contributed by atoms with Crippen molar-refractivity contribution in [2.45, 2.75) is 57.1 Å². The fourth-order valence-corrected chi connectivity index (χ4v) is 7.10. The number of hydrogen-bond donors (Lipinski definition) is 2. The average molecular weight is 517 g/mol. The van der Waals surface area contributed by atoms with Gasteiger partial charge in [0.2, 0.25) is 5.91 Å².